The second-order valence-corrected chi connectivity index (χ2v) is 4.26. The molecule has 1 saturated heterocycles. The Morgan fingerprint density at radius 1 is 1.43 bits per heavy atom. The Balaban J connectivity index is 2.32. The van der Waals surface area contributed by atoms with Crippen molar-refractivity contribution in [2.75, 3.05) is 0 Å². The highest BCUT2D eigenvalue weighted by molar-refractivity contribution is 5.95. The number of carbonyl (C=O) groups is 1. The van der Waals surface area contributed by atoms with Crippen LogP contribution in [0.2, 0.25) is 0 Å². The molecule has 78 valence electrons. The first-order valence-corrected chi connectivity index (χ1v) is 4.66. The van der Waals surface area contributed by atoms with Gasteiger partial charge in [-0.05, 0) is 32.4 Å². The Morgan fingerprint density at radius 2 is 2.07 bits per heavy atom. The first-order valence-electron chi connectivity index (χ1n) is 4.66. The molecule has 1 heterocycles. The molecule has 14 heavy (non-hydrogen) atoms. The van der Waals surface area contributed by atoms with Gasteiger partial charge in [-0.2, -0.15) is 0 Å². The number of rotatable bonds is 0. The van der Waals surface area contributed by atoms with Crippen LogP contribution < -0.4 is 0 Å². The third-order valence-corrected chi connectivity index (χ3v) is 2.55. The van der Waals surface area contributed by atoms with E-state index in [1.807, 2.05) is 6.92 Å². The summed E-state index contributed by atoms with van der Waals surface area (Å²) in [4.78, 5) is 11.3. The Labute approximate surface area is 82.5 Å². The fourth-order valence-electron chi connectivity index (χ4n) is 1.93. The number of hydrogen-bond acceptors (Lipinski definition) is 4. The van der Waals surface area contributed by atoms with E-state index < -0.39 is 18.0 Å². The number of ether oxygens (including phenoxy) is 2. The summed E-state index contributed by atoms with van der Waals surface area (Å²) in [7, 11) is 0. The van der Waals surface area contributed by atoms with E-state index in [-0.39, 0.29) is 11.9 Å². The van der Waals surface area contributed by atoms with Gasteiger partial charge < -0.3 is 14.6 Å². The van der Waals surface area contributed by atoms with Crippen molar-refractivity contribution in [3.8, 4) is 0 Å². The van der Waals surface area contributed by atoms with Gasteiger partial charge in [0.2, 0.25) is 0 Å². The SMILES string of the molecule is CC1=CC(=O)[C@H](O)[C@@H]2OC(C)(C)O[C@H]12. The molecule has 0 aromatic heterocycles. The molecule has 3 atom stereocenters. The summed E-state index contributed by atoms with van der Waals surface area (Å²) in [5.74, 6) is -1.03. The first-order chi connectivity index (χ1) is 6.41. The predicted octanol–water partition coefficient (Wildman–Crippen LogP) is 0.396. The highest BCUT2D eigenvalue weighted by Crippen LogP contribution is 2.36. The van der Waals surface area contributed by atoms with Gasteiger partial charge in [0.25, 0.3) is 0 Å². The average molecular weight is 198 g/mol. The fraction of sp³-hybridized carbons (Fsp3) is 0.700. The maximum absolute atomic E-state index is 11.3. The van der Waals surface area contributed by atoms with Gasteiger partial charge in [0.15, 0.2) is 11.6 Å². The fourth-order valence-corrected chi connectivity index (χ4v) is 1.93. The molecule has 0 amide bonds. The van der Waals surface area contributed by atoms with Gasteiger partial charge in [0.1, 0.15) is 18.3 Å². The van der Waals surface area contributed by atoms with Crippen LogP contribution in [0.5, 0.6) is 0 Å². The number of aliphatic hydroxyl groups is 1. The van der Waals surface area contributed by atoms with Gasteiger partial charge in [0.05, 0.1) is 0 Å². The lowest BCUT2D eigenvalue weighted by molar-refractivity contribution is -0.156. The van der Waals surface area contributed by atoms with E-state index in [9.17, 15) is 9.90 Å². The Morgan fingerprint density at radius 3 is 2.71 bits per heavy atom. The van der Waals surface area contributed by atoms with E-state index in [1.54, 1.807) is 13.8 Å². The molecule has 0 aromatic carbocycles. The number of aliphatic hydroxyl groups excluding tert-OH is 1. The van der Waals surface area contributed by atoms with E-state index in [1.165, 1.54) is 6.08 Å². The Kier molecular flexibility index (Phi) is 2.03. The topological polar surface area (TPSA) is 55.8 Å². The molecule has 0 saturated carbocycles. The molecule has 0 radical (unpaired) electrons. The predicted molar refractivity (Wildman–Crippen MR) is 48.6 cm³/mol. The lowest BCUT2D eigenvalue weighted by Crippen LogP contribution is -2.44. The van der Waals surface area contributed by atoms with Crippen LogP contribution in [-0.4, -0.2) is 35.0 Å². The molecule has 0 spiro atoms. The van der Waals surface area contributed by atoms with Crippen molar-refractivity contribution in [2.24, 2.45) is 0 Å². The van der Waals surface area contributed by atoms with Crippen molar-refractivity contribution in [1.82, 2.24) is 0 Å². The summed E-state index contributed by atoms with van der Waals surface area (Å²) < 4.78 is 11.1. The van der Waals surface area contributed by atoms with Gasteiger partial charge >= 0.3 is 0 Å². The smallest absolute Gasteiger partial charge is 0.186 e. The van der Waals surface area contributed by atoms with Crippen LogP contribution in [0.1, 0.15) is 20.8 Å². The molecule has 1 aliphatic carbocycles. The zero-order valence-corrected chi connectivity index (χ0v) is 8.48. The largest absolute Gasteiger partial charge is 0.382 e. The quantitative estimate of drug-likeness (QED) is 0.612. The van der Waals surface area contributed by atoms with E-state index >= 15 is 0 Å². The number of hydrogen-bond donors (Lipinski definition) is 1. The van der Waals surface area contributed by atoms with E-state index in [4.69, 9.17) is 9.47 Å². The number of ketones is 1. The second-order valence-electron chi connectivity index (χ2n) is 4.26. The highest BCUT2D eigenvalue weighted by atomic mass is 16.8. The molecule has 4 heteroatoms. The zero-order chi connectivity index (χ0) is 10.5. The van der Waals surface area contributed by atoms with Crippen molar-refractivity contribution in [2.45, 2.75) is 44.9 Å². The van der Waals surface area contributed by atoms with Crippen LogP contribution in [0, 0.1) is 0 Å². The third kappa shape index (κ3) is 1.39. The summed E-state index contributed by atoms with van der Waals surface area (Å²) >= 11 is 0. The van der Waals surface area contributed by atoms with Crippen LogP contribution in [0.3, 0.4) is 0 Å². The van der Waals surface area contributed by atoms with Crippen LogP contribution in [0.25, 0.3) is 0 Å². The molecule has 1 aliphatic heterocycles. The maximum atomic E-state index is 11.3. The van der Waals surface area contributed by atoms with Gasteiger partial charge in [0, 0.05) is 0 Å². The summed E-state index contributed by atoms with van der Waals surface area (Å²) in [5, 5.41) is 9.60. The summed E-state index contributed by atoms with van der Waals surface area (Å²) in [5.41, 5.74) is 0.816. The van der Waals surface area contributed by atoms with Crippen LogP contribution >= 0.6 is 0 Å². The van der Waals surface area contributed by atoms with Crippen LogP contribution in [-0.2, 0) is 14.3 Å². The van der Waals surface area contributed by atoms with Crippen LogP contribution in [0.4, 0.5) is 0 Å². The Bertz CT molecular complexity index is 305. The minimum absolute atomic E-state index is 0.294. The minimum atomic E-state index is -1.09. The van der Waals surface area contributed by atoms with Crippen molar-refractivity contribution in [3.05, 3.63) is 11.6 Å². The lowest BCUT2D eigenvalue weighted by atomic mass is 9.92. The van der Waals surface area contributed by atoms with Crippen LogP contribution in [0.15, 0.2) is 11.6 Å². The van der Waals surface area contributed by atoms with Gasteiger partial charge in [-0.15, -0.1) is 0 Å². The van der Waals surface area contributed by atoms with Gasteiger partial charge in [-0.3, -0.25) is 4.79 Å². The first kappa shape index (κ1) is 9.83. The monoisotopic (exact) mass is 198 g/mol. The molecular formula is C10H14O4. The molecule has 0 bridgehead atoms. The normalized spacial score (nSPS) is 40.7. The maximum Gasteiger partial charge on any atom is 0.186 e. The van der Waals surface area contributed by atoms with Crippen molar-refractivity contribution >= 4 is 5.78 Å². The molecular weight excluding hydrogens is 184 g/mol. The Hall–Kier alpha value is -0.710. The average Bonchev–Trinajstić information content (AvgIpc) is 2.38. The summed E-state index contributed by atoms with van der Waals surface area (Å²) in [6.07, 6.45) is -0.512. The molecule has 2 rings (SSSR count). The van der Waals surface area contributed by atoms with Crippen molar-refractivity contribution < 1.29 is 19.4 Å². The summed E-state index contributed by atoms with van der Waals surface area (Å²) in [6, 6.07) is 0. The van der Waals surface area contributed by atoms with Crippen molar-refractivity contribution in [1.29, 1.82) is 0 Å². The standard InChI is InChI=1S/C10H14O4/c1-5-4-6(11)7(12)9-8(5)13-10(2,3)14-9/h4,7-9,12H,1-3H3/t7-,8+,9-/m0/s1. The van der Waals surface area contributed by atoms with E-state index in [2.05, 4.69) is 0 Å². The highest BCUT2D eigenvalue weighted by Gasteiger charge is 2.49. The molecule has 0 aromatic rings. The molecule has 4 nitrogen and oxygen atoms in total. The minimum Gasteiger partial charge on any atom is -0.382 e. The molecule has 1 fully saturated rings. The summed E-state index contributed by atoms with van der Waals surface area (Å²) in [6.45, 7) is 5.36. The van der Waals surface area contributed by atoms with Gasteiger partial charge in [-0.1, -0.05) is 0 Å². The van der Waals surface area contributed by atoms with Gasteiger partial charge in [-0.25, -0.2) is 0 Å². The molecule has 1 N–H and O–H groups in total. The lowest BCUT2D eigenvalue weighted by Gasteiger charge is -2.25. The molecule has 2 aliphatic rings. The number of fused-ring (bicyclic) bond motifs is 1. The van der Waals surface area contributed by atoms with Crippen molar-refractivity contribution in [3.63, 3.8) is 0 Å². The van der Waals surface area contributed by atoms with E-state index in [0.717, 1.165) is 5.57 Å². The zero-order valence-electron chi connectivity index (χ0n) is 8.48. The second kappa shape index (κ2) is 2.89. The molecule has 0 unspecified atom stereocenters. The van der Waals surface area contributed by atoms with E-state index in [0.29, 0.717) is 0 Å². The number of carbonyl (C=O) groups excluding carboxylic acids is 1. The third-order valence-electron chi connectivity index (χ3n) is 2.55.